The third-order valence-electron chi connectivity index (χ3n) is 10.7. The van der Waals surface area contributed by atoms with Crippen LogP contribution in [-0.4, -0.2) is 70.9 Å². The maximum Gasteiger partial charge on any atom is 0.416 e. The summed E-state index contributed by atoms with van der Waals surface area (Å²) in [5.41, 5.74) is -4.07. The van der Waals surface area contributed by atoms with Gasteiger partial charge in [-0.3, -0.25) is 9.80 Å². The van der Waals surface area contributed by atoms with Crippen LogP contribution < -0.4 is 9.80 Å². The van der Waals surface area contributed by atoms with Gasteiger partial charge in [0.25, 0.3) is 0 Å². The van der Waals surface area contributed by atoms with Gasteiger partial charge in [0.05, 0.1) is 89.3 Å². The zero-order valence-electron chi connectivity index (χ0n) is 38.0. The topological polar surface area (TPSA) is 254 Å². The van der Waals surface area contributed by atoms with Crippen molar-refractivity contribution < 1.29 is 61.2 Å². The Kier molecular flexibility index (Phi) is 14.9. The molecule has 0 bridgehead atoms. The van der Waals surface area contributed by atoms with Gasteiger partial charge in [-0.25, -0.2) is 62.7 Å². The van der Waals surface area contributed by atoms with Gasteiger partial charge < -0.3 is 0 Å². The van der Waals surface area contributed by atoms with Crippen LogP contribution in [0, 0.1) is 45.4 Å². The average Bonchev–Trinajstić information content (AvgIpc) is 3.26. The Labute approximate surface area is 410 Å². The third kappa shape index (κ3) is 10.9. The van der Waals surface area contributed by atoms with Crippen molar-refractivity contribution in [3.63, 3.8) is 0 Å². The summed E-state index contributed by atoms with van der Waals surface area (Å²) in [6.07, 6.45) is -6.08. The van der Waals surface area contributed by atoms with E-state index in [-0.39, 0.29) is 66.2 Å². The van der Waals surface area contributed by atoms with Crippen molar-refractivity contribution in [1.29, 1.82) is 20.1 Å². The van der Waals surface area contributed by atoms with Gasteiger partial charge in [0.2, 0.25) is 31.4 Å². The number of halogens is 6. The molecular weight excluding hydrogens is 1040 g/mol. The number of rotatable bonds is 8. The first-order chi connectivity index (χ1) is 33.0. The van der Waals surface area contributed by atoms with E-state index >= 15 is 0 Å². The number of carbonyl (C=O) groups is 2. The Morgan fingerprint density at radius 2 is 0.889 bits per heavy atom. The number of urea groups is 2. The van der Waals surface area contributed by atoms with Gasteiger partial charge in [-0.15, -0.1) is 0 Å². The molecule has 0 saturated carbocycles. The fourth-order valence-corrected chi connectivity index (χ4v) is 11.5. The molecule has 4 aromatic carbocycles. The molecule has 0 aliphatic carbocycles. The summed E-state index contributed by atoms with van der Waals surface area (Å²) < 4.78 is 173. The lowest BCUT2D eigenvalue weighted by Crippen LogP contribution is -2.51. The Morgan fingerprint density at radius 1 is 0.569 bits per heavy atom. The van der Waals surface area contributed by atoms with Crippen LogP contribution in [-0.2, 0) is 51.9 Å². The number of nitriles is 2. The first-order valence-corrected chi connectivity index (χ1v) is 27.4. The van der Waals surface area contributed by atoms with Crippen molar-refractivity contribution in [2.75, 3.05) is 34.8 Å². The Morgan fingerprint density at radius 3 is 1.14 bits per heavy atom. The molecule has 0 radical (unpaired) electrons. The van der Waals surface area contributed by atoms with Crippen molar-refractivity contribution in [2.24, 2.45) is 0 Å². The van der Waals surface area contributed by atoms with Crippen molar-refractivity contribution in [3.05, 3.63) is 164 Å². The molecule has 2 aliphatic heterocycles. The number of carbonyl (C=O) groups excluding carboxylic acids is 2. The summed E-state index contributed by atoms with van der Waals surface area (Å²) in [6, 6.07) is 12.2. The number of alkyl halides is 6. The average molecular weight is 1080 g/mol. The number of benzene rings is 4. The highest BCUT2D eigenvalue weighted by Crippen LogP contribution is 2.46. The predicted molar refractivity (Wildman–Crippen MR) is 249 cm³/mol. The number of amides is 4. The van der Waals surface area contributed by atoms with Gasteiger partial charge in [-0.05, 0) is 85.6 Å². The second-order valence-electron chi connectivity index (χ2n) is 15.8. The molecule has 0 spiro atoms. The summed E-state index contributed by atoms with van der Waals surface area (Å²) in [5.74, 6) is 0. The number of hydrogen-bond acceptors (Lipinski definition) is 12. The number of nitrogens with one attached hydrogen (secondary N) is 2. The normalized spacial score (nSPS) is 18.4. The molecule has 2 heterocycles. The smallest absolute Gasteiger partial charge is 0.277 e. The van der Waals surface area contributed by atoms with Crippen LogP contribution in [0.1, 0.15) is 59.3 Å². The molecule has 4 atom stereocenters. The van der Waals surface area contributed by atoms with Gasteiger partial charge in [-0.2, -0.15) is 36.9 Å². The summed E-state index contributed by atoms with van der Waals surface area (Å²) in [7, 11) is -16.1. The lowest BCUT2D eigenvalue weighted by atomic mass is 9.98. The van der Waals surface area contributed by atoms with Crippen LogP contribution in [0.25, 0.3) is 9.69 Å². The zero-order valence-corrected chi connectivity index (χ0v) is 41.2. The van der Waals surface area contributed by atoms with E-state index in [1.54, 1.807) is 0 Å². The molecule has 18 nitrogen and oxygen atoms in total. The molecule has 0 fully saturated rings. The van der Waals surface area contributed by atoms with Crippen LogP contribution in [0.2, 0.25) is 0 Å². The predicted octanol–water partition coefficient (Wildman–Crippen LogP) is 9.41. The first kappa shape index (κ1) is 55.2. The van der Waals surface area contributed by atoms with E-state index < -0.39 is 87.1 Å². The minimum absolute atomic E-state index is 0.0132. The highest BCUT2D eigenvalue weighted by atomic mass is 32.2. The van der Waals surface area contributed by atoms with Gasteiger partial charge >= 0.3 is 24.4 Å². The molecule has 376 valence electrons. The van der Waals surface area contributed by atoms with E-state index in [0.29, 0.717) is 43.1 Å². The molecule has 4 aromatic rings. The Bertz CT molecular complexity index is 3440. The maximum atomic E-state index is 13.6. The number of allylic oxidation sites excluding steroid dienone is 2. The number of anilines is 2. The van der Waals surface area contributed by atoms with Crippen molar-refractivity contribution >= 4 is 62.9 Å². The van der Waals surface area contributed by atoms with Crippen LogP contribution in [0.4, 0.5) is 47.3 Å². The molecule has 72 heavy (non-hydrogen) atoms. The van der Waals surface area contributed by atoms with Crippen LogP contribution in [0.15, 0.2) is 118 Å². The first-order valence-electron chi connectivity index (χ1n) is 19.8. The van der Waals surface area contributed by atoms with Gasteiger partial charge in [0.1, 0.15) is 12.1 Å². The zero-order chi connectivity index (χ0) is 54.4. The number of nitrogens with zero attached hydrogens (tertiary/aromatic N) is 8. The molecule has 2 N–H and O–H groups in total. The van der Waals surface area contributed by atoms with Crippen molar-refractivity contribution in [3.8, 4) is 12.1 Å². The molecule has 28 heteroatoms. The van der Waals surface area contributed by atoms with E-state index in [2.05, 4.69) is 9.69 Å². The monoisotopic (exact) mass is 1070 g/mol. The van der Waals surface area contributed by atoms with Crippen LogP contribution in [0.3, 0.4) is 0 Å². The van der Waals surface area contributed by atoms with Crippen LogP contribution >= 0.6 is 0 Å². The van der Waals surface area contributed by atoms with Gasteiger partial charge in [-0.1, -0.05) is 24.3 Å². The van der Waals surface area contributed by atoms with E-state index in [4.69, 9.17) is 22.7 Å². The molecule has 0 unspecified atom stereocenters. The molecule has 0 aromatic heterocycles. The van der Waals surface area contributed by atoms with E-state index in [9.17, 15) is 71.7 Å². The summed E-state index contributed by atoms with van der Waals surface area (Å²) in [6.45, 7) is 18.0. The summed E-state index contributed by atoms with van der Waals surface area (Å²) in [5, 5.41) is 18.4. The fourth-order valence-electron chi connectivity index (χ4n) is 7.63. The lowest BCUT2D eigenvalue weighted by Gasteiger charge is -2.41. The van der Waals surface area contributed by atoms with E-state index in [1.165, 1.54) is 38.1 Å². The second kappa shape index (κ2) is 19.4. The largest absolute Gasteiger partial charge is 0.416 e. The van der Waals surface area contributed by atoms with Crippen molar-refractivity contribution in [1.82, 2.24) is 8.61 Å². The minimum atomic E-state index is -4.75. The lowest BCUT2D eigenvalue weighted by molar-refractivity contribution is -0.138. The number of sulfonamides is 2. The second-order valence-corrected chi connectivity index (χ2v) is 23.8. The van der Waals surface area contributed by atoms with Gasteiger partial charge in [0, 0.05) is 35.3 Å². The molecule has 6 rings (SSSR count). The summed E-state index contributed by atoms with van der Waals surface area (Å²) in [4.78, 5) is 34.8. The molecule has 2 aliphatic rings. The van der Waals surface area contributed by atoms with Crippen molar-refractivity contribution in [2.45, 2.75) is 48.1 Å². The van der Waals surface area contributed by atoms with E-state index in [0.717, 1.165) is 61.0 Å². The Hall–Kier alpha value is -7.76. The van der Waals surface area contributed by atoms with E-state index in [1.807, 2.05) is 12.1 Å². The van der Waals surface area contributed by atoms with Crippen LogP contribution in [0.5, 0.6) is 0 Å². The third-order valence-corrected chi connectivity index (χ3v) is 15.2. The molecule has 4 amide bonds. The molecule has 0 saturated heterocycles. The highest BCUT2D eigenvalue weighted by Gasteiger charge is 2.48. The maximum absolute atomic E-state index is 13.6. The van der Waals surface area contributed by atoms with Gasteiger partial charge in [0.15, 0.2) is 0 Å². The Balaban J connectivity index is 0.000000267. The fraction of sp³-hybridized carbons (Fsp3) is 0.227. The quantitative estimate of drug-likeness (QED) is 0.125. The standard InChI is InChI=1S/2C22H18F3N5O4S2/c2*1-13-19(28-2)20(17-9-8-14(12-26)10-18(17)35(3,27)32)30(36(4,33)34)21(31)29(13)16-7-5-6-15(11-16)22(23,24)25/h2*5-11,20,27H,1,3-4H3/t20-,35+;20-,35-/m11/s1. The summed E-state index contributed by atoms with van der Waals surface area (Å²) >= 11 is 0. The highest BCUT2D eigenvalue weighted by molar-refractivity contribution is 7.92. The molecular formula is C44H36F6N10O8S4. The minimum Gasteiger partial charge on any atom is -0.277 e. The number of hydrogen-bond donors (Lipinski definition) is 2. The SMILES string of the molecule is [C-]#[N+]C1=C(C)N(c2cccc(C(F)(F)F)c2)C(=O)N(S(C)(=O)=O)[C@@H]1c1ccc(C#N)cc1[S@@](C)(=N)=O.[C-]#[N+]C1=C(C)N(c2cccc(C(F)(F)F)c2)C(=O)N(S(C)(=O)=O)[C@@H]1c1ccc(C#N)cc1[S@](C)(=N)=O.